The smallest absolute Gasteiger partial charge is 0.234 e. The number of thioether (sulfide) groups is 1. The molecule has 1 saturated heterocycles. The molecule has 0 saturated carbocycles. The van der Waals surface area contributed by atoms with Gasteiger partial charge in [-0.2, -0.15) is 0 Å². The minimum absolute atomic E-state index is 0.0527. The summed E-state index contributed by atoms with van der Waals surface area (Å²) in [5, 5.41) is 9.80. The van der Waals surface area contributed by atoms with Gasteiger partial charge < -0.3 is 5.11 Å². The lowest BCUT2D eigenvalue weighted by molar-refractivity contribution is -0.134. The Bertz CT molecular complexity index is 532. The summed E-state index contributed by atoms with van der Waals surface area (Å²) < 4.78 is 0.601. The van der Waals surface area contributed by atoms with Gasteiger partial charge in [0.25, 0.3) is 0 Å². The van der Waals surface area contributed by atoms with Crippen molar-refractivity contribution >= 4 is 34.2 Å². The Balaban J connectivity index is 2.13. The van der Waals surface area contributed by atoms with Crippen molar-refractivity contribution in [2.75, 3.05) is 5.75 Å². The lowest BCUT2D eigenvalue weighted by Crippen LogP contribution is -2.45. The fraction of sp³-hybridized carbons (Fsp3) is 0.375. The van der Waals surface area contributed by atoms with Crippen molar-refractivity contribution in [2.24, 2.45) is 5.92 Å². The number of thiocarbonyl (C=S) groups is 1. The Hall–Kier alpha value is -1.17. The van der Waals surface area contributed by atoms with Gasteiger partial charge in [0, 0.05) is 5.75 Å². The van der Waals surface area contributed by atoms with Crippen molar-refractivity contribution < 1.29 is 9.90 Å². The summed E-state index contributed by atoms with van der Waals surface area (Å²) >= 11 is 6.84. The van der Waals surface area contributed by atoms with Gasteiger partial charge in [-0.25, -0.2) is 0 Å². The van der Waals surface area contributed by atoms with E-state index in [0.717, 1.165) is 12.2 Å². The van der Waals surface area contributed by atoms with Crippen LogP contribution in [0.15, 0.2) is 43.0 Å². The normalized spacial score (nSPS) is 21.1. The van der Waals surface area contributed by atoms with E-state index in [1.54, 1.807) is 11.8 Å². The minimum atomic E-state index is -0.844. The van der Waals surface area contributed by atoms with E-state index in [-0.39, 0.29) is 11.9 Å². The van der Waals surface area contributed by atoms with E-state index in [4.69, 9.17) is 12.2 Å². The van der Waals surface area contributed by atoms with Crippen LogP contribution in [0.3, 0.4) is 0 Å². The van der Waals surface area contributed by atoms with Crippen molar-refractivity contribution in [3.8, 4) is 0 Å². The molecule has 1 fully saturated rings. The third kappa shape index (κ3) is 3.73. The van der Waals surface area contributed by atoms with Crippen molar-refractivity contribution in [3.05, 3.63) is 48.6 Å². The molecule has 1 aromatic carbocycles. The predicted octanol–water partition coefficient (Wildman–Crippen LogP) is 2.64. The molecule has 2 rings (SSSR count). The van der Waals surface area contributed by atoms with Crippen LogP contribution in [-0.4, -0.2) is 38.1 Å². The second kappa shape index (κ2) is 7.20. The zero-order valence-corrected chi connectivity index (χ0v) is 13.6. The maximum atomic E-state index is 12.6. The van der Waals surface area contributed by atoms with Crippen molar-refractivity contribution in [1.29, 1.82) is 0 Å². The molecule has 21 heavy (non-hydrogen) atoms. The van der Waals surface area contributed by atoms with Crippen LogP contribution >= 0.6 is 24.0 Å². The van der Waals surface area contributed by atoms with E-state index >= 15 is 0 Å². The van der Waals surface area contributed by atoms with Crippen LogP contribution in [0.5, 0.6) is 0 Å². The number of hydrogen-bond donors (Lipinski definition) is 1. The third-order valence-corrected chi connectivity index (χ3v) is 5.20. The second-order valence-electron chi connectivity index (χ2n) is 5.14. The first-order valence-corrected chi connectivity index (χ1v) is 8.28. The number of carbonyl (C=O) groups excluding carboxylic acids is 1. The first-order valence-electron chi connectivity index (χ1n) is 6.89. The SMILES string of the molecule is C=C[C@H](O)[C@@H](C)C(=O)N1C(=S)SC[C@H]1Cc1ccccc1. The van der Waals surface area contributed by atoms with Crippen LogP contribution in [-0.2, 0) is 11.2 Å². The quantitative estimate of drug-likeness (QED) is 0.668. The highest BCUT2D eigenvalue weighted by molar-refractivity contribution is 8.23. The molecule has 1 aliphatic rings. The summed E-state index contributed by atoms with van der Waals surface area (Å²) in [7, 11) is 0. The van der Waals surface area contributed by atoms with Gasteiger partial charge in [0.05, 0.1) is 18.1 Å². The van der Waals surface area contributed by atoms with Gasteiger partial charge in [-0.05, 0) is 12.0 Å². The third-order valence-electron chi connectivity index (χ3n) is 3.66. The molecule has 1 heterocycles. The monoisotopic (exact) mass is 321 g/mol. The van der Waals surface area contributed by atoms with Gasteiger partial charge in [-0.1, -0.05) is 67.3 Å². The number of aliphatic hydroxyl groups is 1. The number of hydrogen-bond acceptors (Lipinski definition) is 4. The molecular formula is C16H19NO2S2. The highest BCUT2D eigenvalue weighted by Crippen LogP contribution is 2.29. The van der Waals surface area contributed by atoms with Gasteiger partial charge in [-0.3, -0.25) is 9.69 Å². The van der Waals surface area contributed by atoms with Crippen molar-refractivity contribution in [3.63, 3.8) is 0 Å². The number of aliphatic hydroxyl groups excluding tert-OH is 1. The molecular weight excluding hydrogens is 302 g/mol. The van der Waals surface area contributed by atoms with E-state index in [0.29, 0.717) is 4.32 Å². The van der Waals surface area contributed by atoms with Gasteiger partial charge in [0.15, 0.2) is 0 Å². The predicted molar refractivity (Wildman–Crippen MR) is 91.2 cm³/mol. The summed E-state index contributed by atoms with van der Waals surface area (Å²) in [5.41, 5.74) is 1.18. The Morgan fingerprint density at radius 1 is 1.57 bits per heavy atom. The van der Waals surface area contributed by atoms with Gasteiger partial charge in [-0.15, -0.1) is 6.58 Å². The molecule has 0 aromatic heterocycles. The lowest BCUT2D eigenvalue weighted by Gasteiger charge is -2.27. The topological polar surface area (TPSA) is 40.5 Å². The largest absolute Gasteiger partial charge is 0.388 e. The first-order chi connectivity index (χ1) is 10.0. The summed E-state index contributed by atoms with van der Waals surface area (Å²) in [4.78, 5) is 14.2. The number of benzene rings is 1. The summed E-state index contributed by atoms with van der Waals surface area (Å²) in [5.74, 6) is 0.145. The number of amides is 1. The Morgan fingerprint density at radius 3 is 2.86 bits per heavy atom. The van der Waals surface area contributed by atoms with E-state index in [1.165, 1.54) is 23.4 Å². The molecule has 1 aromatic rings. The van der Waals surface area contributed by atoms with Crippen molar-refractivity contribution in [2.45, 2.75) is 25.5 Å². The molecule has 1 aliphatic heterocycles. The lowest BCUT2D eigenvalue weighted by atomic mass is 10.0. The standard InChI is InChI=1S/C16H19NO2S2/c1-3-14(18)11(2)15(19)17-13(10-21-16(17)20)9-12-7-5-4-6-8-12/h3-8,11,13-14,18H,1,9-10H2,2H3/t11-,13-,14+/m1/s1. The average molecular weight is 321 g/mol. The minimum Gasteiger partial charge on any atom is -0.388 e. The highest BCUT2D eigenvalue weighted by Gasteiger charge is 2.37. The summed E-state index contributed by atoms with van der Waals surface area (Å²) in [6.07, 6.45) is 1.32. The molecule has 0 bridgehead atoms. The van der Waals surface area contributed by atoms with Gasteiger partial charge in [0.2, 0.25) is 5.91 Å². The van der Waals surface area contributed by atoms with Crippen LogP contribution in [0, 0.1) is 5.92 Å². The summed E-state index contributed by atoms with van der Waals surface area (Å²) in [6, 6.07) is 10.1. The zero-order valence-electron chi connectivity index (χ0n) is 11.9. The zero-order chi connectivity index (χ0) is 15.4. The molecule has 0 unspecified atom stereocenters. The Labute approximate surface area is 135 Å². The maximum absolute atomic E-state index is 12.6. The van der Waals surface area contributed by atoms with E-state index in [9.17, 15) is 9.90 Å². The maximum Gasteiger partial charge on any atom is 0.234 e. The van der Waals surface area contributed by atoms with Crippen LogP contribution < -0.4 is 0 Å². The molecule has 112 valence electrons. The molecule has 0 aliphatic carbocycles. The number of rotatable bonds is 5. The van der Waals surface area contributed by atoms with E-state index in [1.807, 2.05) is 18.2 Å². The molecule has 3 atom stereocenters. The van der Waals surface area contributed by atoms with Crippen LogP contribution in [0.2, 0.25) is 0 Å². The fourth-order valence-corrected chi connectivity index (χ4v) is 3.76. The average Bonchev–Trinajstić information content (AvgIpc) is 2.86. The summed E-state index contributed by atoms with van der Waals surface area (Å²) in [6.45, 7) is 5.25. The van der Waals surface area contributed by atoms with Crippen LogP contribution in [0.25, 0.3) is 0 Å². The first kappa shape index (κ1) is 16.2. The van der Waals surface area contributed by atoms with Gasteiger partial charge in [0.1, 0.15) is 4.32 Å². The molecule has 3 nitrogen and oxygen atoms in total. The van der Waals surface area contributed by atoms with Crippen molar-refractivity contribution in [1.82, 2.24) is 4.90 Å². The van der Waals surface area contributed by atoms with E-state index < -0.39 is 12.0 Å². The fourth-order valence-electron chi connectivity index (χ4n) is 2.34. The Morgan fingerprint density at radius 2 is 2.24 bits per heavy atom. The van der Waals surface area contributed by atoms with E-state index in [2.05, 4.69) is 18.7 Å². The van der Waals surface area contributed by atoms with Gasteiger partial charge >= 0.3 is 0 Å². The highest BCUT2D eigenvalue weighted by atomic mass is 32.2. The van der Waals surface area contributed by atoms with Crippen LogP contribution in [0.4, 0.5) is 0 Å². The molecule has 5 heteroatoms. The Kier molecular flexibility index (Phi) is 5.56. The molecule has 1 N–H and O–H groups in total. The second-order valence-corrected chi connectivity index (χ2v) is 6.80. The number of nitrogens with zero attached hydrogens (tertiary/aromatic N) is 1. The molecule has 0 spiro atoms. The number of carbonyl (C=O) groups is 1. The molecule has 1 amide bonds. The molecule has 0 radical (unpaired) electrons. The van der Waals surface area contributed by atoms with Crippen LogP contribution in [0.1, 0.15) is 12.5 Å².